The lowest BCUT2D eigenvalue weighted by molar-refractivity contribution is 0.0167. The van der Waals surface area contributed by atoms with Gasteiger partial charge in [-0.3, -0.25) is 0 Å². The highest BCUT2D eigenvalue weighted by molar-refractivity contribution is 5.68. The van der Waals surface area contributed by atoms with Crippen molar-refractivity contribution in [3.8, 4) is 5.75 Å². The van der Waals surface area contributed by atoms with E-state index < -0.39 is 11.4 Å². The summed E-state index contributed by atoms with van der Waals surface area (Å²) in [5, 5.41) is 13.6. The van der Waals surface area contributed by atoms with E-state index in [-0.39, 0.29) is 11.9 Å². The van der Waals surface area contributed by atoms with Crippen molar-refractivity contribution in [2.75, 3.05) is 17.6 Å². The second-order valence-electron chi connectivity index (χ2n) is 6.18. The minimum Gasteiger partial charge on any atom is -0.488 e. The van der Waals surface area contributed by atoms with Gasteiger partial charge < -0.3 is 20.9 Å². The summed E-state index contributed by atoms with van der Waals surface area (Å²) in [6.07, 6.45) is 4.72. The molecule has 4 nitrogen and oxygen atoms in total. The molecule has 118 valence electrons. The quantitative estimate of drug-likeness (QED) is 0.729. The molecule has 0 saturated heterocycles. The van der Waals surface area contributed by atoms with Crippen LogP contribution in [0.4, 0.5) is 15.8 Å². The first kappa shape index (κ1) is 15.9. The molecule has 1 aromatic rings. The van der Waals surface area contributed by atoms with Crippen LogP contribution in [0.15, 0.2) is 12.1 Å². The van der Waals surface area contributed by atoms with Gasteiger partial charge in [0.2, 0.25) is 0 Å². The first-order chi connectivity index (χ1) is 9.89. The van der Waals surface area contributed by atoms with Crippen LogP contribution in [0, 0.1) is 5.82 Å². The van der Waals surface area contributed by atoms with Crippen molar-refractivity contribution in [2.24, 2.45) is 0 Å². The molecule has 2 rings (SSSR count). The van der Waals surface area contributed by atoms with Gasteiger partial charge in [-0.2, -0.15) is 0 Å². The molecule has 1 fully saturated rings. The van der Waals surface area contributed by atoms with Gasteiger partial charge in [0, 0.05) is 18.7 Å². The Morgan fingerprint density at radius 1 is 1.33 bits per heavy atom. The zero-order valence-corrected chi connectivity index (χ0v) is 12.8. The highest BCUT2D eigenvalue weighted by Crippen LogP contribution is 2.32. The van der Waals surface area contributed by atoms with Crippen LogP contribution in [0.1, 0.15) is 46.0 Å². The molecule has 0 aliphatic heterocycles. The van der Waals surface area contributed by atoms with E-state index in [2.05, 4.69) is 5.32 Å². The van der Waals surface area contributed by atoms with Gasteiger partial charge in [0.25, 0.3) is 0 Å². The number of nitrogen functional groups attached to an aromatic ring is 1. The van der Waals surface area contributed by atoms with Gasteiger partial charge >= 0.3 is 0 Å². The summed E-state index contributed by atoms with van der Waals surface area (Å²) in [7, 11) is 0. The molecule has 0 bridgehead atoms. The van der Waals surface area contributed by atoms with Gasteiger partial charge in [-0.1, -0.05) is 19.3 Å². The number of nitrogens with two attached hydrogens (primary N) is 1. The van der Waals surface area contributed by atoms with Crippen LogP contribution in [0.25, 0.3) is 0 Å². The van der Waals surface area contributed by atoms with Gasteiger partial charge in [-0.25, -0.2) is 4.39 Å². The van der Waals surface area contributed by atoms with E-state index in [4.69, 9.17) is 10.5 Å². The lowest BCUT2D eigenvalue weighted by atomic mass is 9.85. The molecule has 1 aromatic carbocycles. The number of anilines is 2. The van der Waals surface area contributed by atoms with Crippen molar-refractivity contribution < 1.29 is 14.2 Å². The third-order valence-corrected chi connectivity index (χ3v) is 3.86. The van der Waals surface area contributed by atoms with Crippen molar-refractivity contribution in [2.45, 2.75) is 57.7 Å². The lowest BCUT2D eigenvalue weighted by Crippen LogP contribution is -2.38. The molecule has 1 aliphatic rings. The van der Waals surface area contributed by atoms with Crippen LogP contribution in [-0.4, -0.2) is 23.4 Å². The summed E-state index contributed by atoms with van der Waals surface area (Å²) in [5.74, 6) is -0.291. The number of ether oxygens (including phenoxy) is 1. The molecule has 0 unspecified atom stereocenters. The van der Waals surface area contributed by atoms with E-state index in [1.807, 2.05) is 13.8 Å². The lowest BCUT2D eigenvalue weighted by Gasteiger charge is -2.32. The summed E-state index contributed by atoms with van der Waals surface area (Å²) < 4.78 is 19.2. The smallest absolute Gasteiger partial charge is 0.167 e. The Balaban J connectivity index is 2.08. The summed E-state index contributed by atoms with van der Waals surface area (Å²) in [4.78, 5) is 0. The van der Waals surface area contributed by atoms with Crippen molar-refractivity contribution >= 4 is 11.4 Å². The van der Waals surface area contributed by atoms with Crippen molar-refractivity contribution in [3.05, 3.63) is 17.9 Å². The highest BCUT2D eigenvalue weighted by atomic mass is 19.1. The van der Waals surface area contributed by atoms with Crippen LogP contribution >= 0.6 is 0 Å². The van der Waals surface area contributed by atoms with Gasteiger partial charge in [-0.05, 0) is 26.7 Å². The normalized spacial score (nSPS) is 17.8. The summed E-state index contributed by atoms with van der Waals surface area (Å²) in [6.45, 7) is 4.10. The van der Waals surface area contributed by atoms with E-state index in [0.29, 0.717) is 17.9 Å². The number of halogens is 1. The monoisotopic (exact) mass is 296 g/mol. The molecule has 1 aliphatic carbocycles. The Bertz CT molecular complexity index is 485. The largest absolute Gasteiger partial charge is 0.488 e. The van der Waals surface area contributed by atoms with Crippen LogP contribution in [0.2, 0.25) is 0 Å². The van der Waals surface area contributed by atoms with Gasteiger partial charge in [-0.15, -0.1) is 0 Å². The molecular weight excluding hydrogens is 271 g/mol. The maximum absolute atomic E-state index is 13.8. The first-order valence-corrected chi connectivity index (χ1v) is 7.61. The van der Waals surface area contributed by atoms with Gasteiger partial charge in [0.05, 0.1) is 23.1 Å². The first-order valence-electron chi connectivity index (χ1n) is 7.61. The Morgan fingerprint density at radius 2 is 2.00 bits per heavy atom. The van der Waals surface area contributed by atoms with E-state index >= 15 is 0 Å². The average Bonchev–Trinajstić information content (AvgIpc) is 2.41. The van der Waals surface area contributed by atoms with Crippen molar-refractivity contribution in [3.63, 3.8) is 0 Å². The fourth-order valence-electron chi connectivity index (χ4n) is 2.71. The van der Waals surface area contributed by atoms with Crippen LogP contribution in [0.5, 0.6) is 5.75 Å². The third kappa shape index (κ3) is 4.24. The molecule has 0 heterocycles. The zero-order chi connectivity index (χ0) is 15.5. The molecule has 0 atom stereocenters. The highest BCUT2D eigenvalue weighted by Gasteiger charge is 2.29. The number of hydrogen-bond donors (Lipinski definition) is 3. The number of nitrogens with one attached hydrogen (secondary N) is 1. The van der Waals surface area contributed by atoms with E-state index in [1.165, 1.54) is 12.5 Å². The molecular formula is C16H25FN2O2. The molecule has 1 saturated carbocycles. The SMILES string of the molecule is CC(C)Oc1cc(NCC2(O)CCCCC2)c(N)cc1F. The summed E-state index contributed by atoms with van der Waals surface area (Å²) in [5.41, 5.74) is 6.07. The minimum absolute atomic E-state index is 0.112. The Kier molecular flexibility index (Phi) is 4.93. The fourth-order valence-corrected chi connectivity index (χ4v) is 2.71. The number of rotatable bonds is 5. The fraction of sp³-hybridized carbons (Fsp3) is 0.625. The average molecular weight is 296 g/mol. The molecule has 0 spiro atoms. The van der Waals surface area contributed by atoms with Gasteiger partial charge in [0.15, 0.2) is 11.6 Å². The van der Waals surface area contributed by atoms with Crippen molar-refractivity contribution in [1.29, 1.82) is 0 Å². The molecule has 0 radical (unpaired) electrons. The Labute approximate surface area is 125 Å². The van der Waals surface area contributed by atoms with Gasteiger partial charge in [0.1, 0.15) is 0 Å². The predicted molar refractivity (Wildman–Crippen MR) is 83.1 cm³/mol. The summed E-state index contributed by atoms with van der Waals surface area (Å²) in [6, 6.07) is 2.82. The van der Waals surface area contributed by atoms with Crippen LogP contribution < -0.4 is 15.8 Å². The van der Waals surface area contributed by atoms with E-state index in [9.17, 15) is 9.50 Å². The van der Waals surface area contributed by atoms with Crippen molar-refractivity contribution in [1.82, 2.24) is 0 Å². The molecule has 5 heteroatoms. The maximum atomic E-state index is 13.8. The standard InChI is InChI=1S/C16H25FN2O2/c1-11(2)21-15-9-14(13(18)8-12(15)17)19-10-16(20)6-4-3-5-7-16/h8-9,11,19-20H,3-7,10,18H2,1-2H3. The molecule has 0 aromatic heterocycles. The minimum atomic E-state index is -0.696. The van der Waals surface area contributed by atoms with E-state index in [0.717, 1.165) is 25.7 Å². The number of aliphatic hydroxyl groups is 1. The Hall–Kier alpha value is -1.49. The zero-order valence-electron chi connectivity index (χ0n) is 12.8. The second-order valence-corrected chi connectivity index (χ2v) is 6.18. The maximum Gasteiger partial charge on any atom is 0.167 e. The van der Waals surface area contributed by atoms with Crippen LogP contribution in [-0.2, 0) is 0 Å². The molecule has 4 N–H and O–H groups in total. The summed E-state index contributed by atoms with van der Waals surface area (Å²) >= 11 is 0. The number of benzene rings is 1. The number of hydrogen-bond acceptors (Lipinski definition) is 4. The Morgan fingerprint density at radius 3 is 2.62 bits per heavy atom. The molecule has 21 heavy (non-hydrogen) atoms. The predicted octanol–water partition coefficient (Wildman–Crippen LogP) is 3.30. The van der Waals surface area contributed by atoms with Crippen LogP contribution in [0.3, 0.4) is 0 Å². The second kappa shape index (κ2) is 6.52. The molecule has 0 amide bonds. The van der Waals surface area contributed by atoms with E-state index in [1.54, 1.807) is 6.07 Å². The topological polar surface area (TPSA) is 67.5 Å². The third-order valence-electron chi connectivity index (χ3n) is 3.86.